The Morgan fingerprint density at radius 3 is 2.46 bits per heavy atom. The number of hydrogen-bond donors (Lipinski definition) is 6. The minimum Gasteiger partial charge on any atom is -0.508 e. The predicted molar refractivity (Wildman–Crippen MR) is 121 cm³/mol. The molecule has 2 heterocycles. The summed E-state index contributed by atoms with van der Waals surface area (Å²) >= 11 is 1.10. The van der Waals surface area contributed by atoms with Gasteiger partial charge in [0, 0.05) is 19.9 Å². The van der Waals surface area contributed by atoms with Gasteiger partial charge in [0.15, 0.2) is 12.1 Å². The molecule has 37 heavy (non-hydrogen) atoms. The van der Waals surface area contributed by atoms with Gasteiger partial charge < -0.3 is 40.5 Å². The number of ether oxygens (including phenoxy) is 2. The number of nitrogens with one attached hydrogen (secondary N) is 2. The summed E-state index contributed by atoms with van der Waals surface area (Å²) in [4.78, 5) is 49.1. The molecule has 6 N–H and O–H groups in total. The summed E-state index contributed by atoms with van der Waals surface area (Å²) < 4.78 is 12.0. The minimum absolute atomic E-state index is 0.0561. The highest BCUT2D eigenvalue weighted by molar-refractivity contribution is 7.99. The number of thioether (sulfide) groups is 1. The molecule has 0 fully saturated rings. The molecule has 0 saturated heterocycles. The van der Waals surface area contributed by atoms with Crippen LogP contribution in [0.1, 0.15) is 11.5 Å². The van der Waals surface area contributed by atoms with Crippen LogP contribution in [-0.2, 0) is 35.7 Å². The number of aryl methyl sites for hydroxylation is 1. The van der Waals surface area contributed by atoms with E-state index in [9.17, 15) is 39.6 Å². The predicted octanol–water partition coefficient (Wildman–Crippen LogP) is -1.30. The number of aliphatic carboxylic acids is 3. The van der Waals surface area contributed by atoms with Crippen molar-refractivity contribution >= 4 is 35.6 Å². The summed E-state index contributed by atoms with van der Waals surface area (Å²) in [5.41, 5.74) is -2.95. The summed E-state index contributed by atoms with van der Waals surface area (Å²) in [6.45, 7) is -0.369. The third kappa shape index (κ3) is 5.79. The largest absolute Gasteiger partial charge is 0.508 e. The molecule has 17 heteroatoms. The maximum absolute atomic E-state index is 13.0. The molecule has 0 saturated carbocycles. The number of hydrogen-bond acceptors (Lipinski definition) is 12. The van der Waals surface area contributed by atoms with E-state index in [1.807, 2.05) is 5.32 Å². The second kappa shape index (κ2) is 11.2. The number of phenols is 1. The lowest BCUT2D eigenvalue weighted by Crippen LogP contribution is -2.69. The number of carboxylic acids is 3. The van der Waals surface area contributed by atoms with E-state index in [1.54, 1.807) is 7.05 Å². The average molecular weight is 538 g/mol. The summed E-state index contributed by atoms with van der Waals surface area (Å²) in [6, 6.07) is 4.68. The molecule has 0 radical (unpaired) electrons. The molecular weight excluding hydrogens is 516 g/mol. The number of aromatic nitrogens is 4. The van der Waals surface area contributed by atoms with E-state index in [4.69, 9.17) is 9.47 Å². The maximum Gasteiger partial charge on any atom is 0.362 e. The van der Waals surface area contributed by atoms with Gasteiger partial charge in [-0.05, 0) is 33.7 Å². The van der Waals surface area contributed by atoms with Gasteiger partial charge in [0.1, 0.15) is 11.4 Å². The normalized spacial score (nSPS) is 17.8. The van der Waals surface area contributed by atoms with Crippen LogP contribution < -0.4 is 10.6 Å². The lowest BCUT2D eigenvalue weighted by Gasteiger charge is -2.39. The molecule has 1 aromatic carbocycles. The summed E-state index contributed by atoms with van der Waals surface area (Å²) in [7, 11) is 2.51. The molecule has 1 aliphatic rings. The van der Waals surface area contributed by atoms with Gasteiger partial charge in [0.25, 0.3) is 5.72 Å². The van der Waals surface area contributed by atoms with Crippen LogP contribution in [0.4, 0.5) is 0 Å². The fourth-order valence-corrected chi connectivity index (χ4v) is 4.23. The van der Waals surface area contributed by atoms with Gasteiger partial charge in [-0.25, -0.2) is 14.3 Å². The SMILES string of the molecule is CO[C@@](NC(=O)C(C(=O)O)c1ccc(O)cc1)(C(=O)O)[C@@H]1NC(C(=O)O)=C(CSc2nnnn2C)CO1. The lowest BCUT2D eigenvalue weighted by atomic mass is 9.97. The zero-order chi connectivity index (χ0) is 27.3. The molecule has 3 atom stereocenters. The molecule has 1 amide bonds. The number of nitrogens with zero attached hydrogens (tertiary/aromatic N) is 4. The summed E-state index contributed by atoms with van der Waals surface area (Å²) in [5.74, 6) is -8.12. The Morgan fingerprint density at radius 2 is 1.95 bits per heavy atom. The second-order valence-corrected chi connectivity index (χ2v) is 8.53. The zero-order valence-electron chi connectivity index (χ0n) is 19.3. The number of carbonyl (C=O) groups excluding carboxylic acids is 1. The topological polar surface area (TPSA) is 235 Å². The van der Waals surface area contributed by atoms with Crippen molar-refractivity contribution in [3.05, 3.63) is 41.1 Å². The van der Waals surface area contributed by atoms with Gasteiger partial charge in [-0.2, -0.15) is 0 Å². The van der Waals surface area contributed by atoms with Crippen molar-refractivity contribution < 1.29 is 49.1 Å². The van der Waals surface area contributed by atoms with E-state index in [0.29, 0.717) is 5.16 Å². The van der Waals surface area contributed by atoms with Gasteiger partial charge in [0.2, 0.25) is 11.1 Å². The lowest BCUT2D eigenvalue weighted by molar-refractivity contribution is -0.199. The first-order valence-electron chi connectivity index (χ1n) is 10.3. The fourth-order valence-electron chi connectivity index (χ4n) is 3.38. The Morgan fingerprint density at radius 1 is 1.27 bits per heavy atom. The van der Waals surface area contributed by atoms with E-state index < -0.39 is 47.4 Å². The number of carboxylic acid groups (broad SMARTS) is 3. The van der Waals surface area contributed by atoms with E-state index in [2.05, 4.69) is 20.8 Å². The van der Waals surface area contributed by atoms with Crippen molar-refractivity contribution in [1.82, 2.24) is 30.8 Å². The number of tetrazole rings is 1. The van der Waals surface area contributed by atoms with Crippen molar-refractivity contribution in [1.29, 1.82) is 0 Å². The van der Waals surface area contributed by atoms with Crippen LogP contribution in [0.3, 0.4) is 0 Å². The number of benzene rings is 1. The van der Waals surface area contributed by atoms with Crippen molar-refractivity contribution in [2.24, 2.45) is 7.05 Å². The Balaban J connectivity index is 1.88. The molecule has 1 aliphatic heterocycles. The first kappa shape index (κ1) is 27.4. The van der Waals surface area contributed by atoms with Crippen LogP contribution in [0, 0.1) is 0 Å². The molecule has 1 aromatic heterocycles. The molecule has 1 unspecified atom stereocenters. The Kier molecular flexibility index (Phi) is 8.31. The number of phenolic OH excluding ortho intramolecular Hbond substituents is 1. The quantitative estimate of drug-likeness (QED) is 0.111. The Labute approximate surface area is 212 Å². The smallest absolute Gasteiger partial charge is 0.362 e. The molecule has 0 aliphatic carbocycles. The van der Waals surface area contributed by atoms with Crippen LogP contribution >= 0.6 is 11.8 Å². The van der Waals surface area contributed by atoms with Gasteiger partial charge in [0.05, 0.1) is 6.61 Å². The molecule has 0 bridgehead atoms. The number of carbonyl (C=O) groups is 4. The molecule has 3 rings (SSSR count). The van der Waals surface area contributed by atoms with Crippen molar-refractivity contribution in [2.45, 2.75) is 23.0 Å². The Bertz CT molecular complexity index is 1230. The zero-order valence-corrected chi connectivity index (χ0v) is 20.1. The Hall–Kier alpha value is -4.22. The molecule has 0 spiro atoms. The number of amides is 1. The highest BCUT2D eigenvalue weighted by Crippen LogP contribution is 2.27. The van der Waals surface area contributed by atoms with E-state index >= 15 is 0 Å². The van der Waals surface area contributed by atoms with Gasteiger partial charge in [-0.3, -0.25) is 9.59 Å². The first-order valence-corrected chi connectivity index (χ1v) is 11.3. The number of aromatic hydroxyl groups is 1. The van der Waals surface area contributed by atoms with Gasteiger partial charge in [-0.1, -0.05) is 23.9 Å². The minimum atomic E-state index is -2.73. The van der Waals surface area contributed by atoms with Crippen LogP contribution in [0.5, 0.6) is 5.75 Å². The van der Waals surface area contributed by atoms with Crippen LogP contribution in [-0.4, -0.2) is 95.9 Å². The van der Waals surface area contributed by atoms with Crippen molar-refractivity contribution in [2.75, 3.05) is 19.5 Å². The number of rotatable bonds is 11. The second-order valence-electron chi connectivity index (χ2n) is 7.59. The van der Waals surface area contributed by atoms with Gasteiger partial charge >= 0.3 is 17.9 Å². The maximum atomic E-state index is 13.0. The monoisotopic (exact) mass is 538 g/mol. The third-order valence-electron chi connectivity index (χ3n) is 5.28. The van der Waals surface area contributed by atoms with Crippen LogP contribution in [0.15, 0.2) is 40.7 Å². The highest BCUT2D eigenvalue weighted by atomic mass is 32.2. The van der Waals surface area contributed by atoms with Crippen LogP contribution in [0.25, 0.3) is 0 Å². The molecule has 2 aromatic rings. The number of methoxy groups -OCH3 is 1. The van der Waals surface area contributed by atoms with Crippen LogP contribution in [0.2, 0.25) is 0 Å². The molecular formula is C20H22N6O10S. The van der Waals surface area contributed by atoms with E-state index in [-0.39, 0.29) is 29.2 Å². The van der Waals surface area contributed by atoms with Crippen molar-refractivity contribution in [3.63, 3.8) is 0 Å². The molecule has 198 valence electrons. The summed E-state index contributed by atoms with van der Waals surface area (Å²) in [5, 5.41) is 54.5. The highest BCUT2D eigenvalue weighted by Gasteiger charge is 2.53. The van der Waals surface area contributed by atoms with E-state index in [1.165, 1.54) is 16.8 Å². The first-order chi connectivity index (χ1) is 17.5. The summed E-state index contributed by atoms with van der Waals surface area (Å²) in [6.07, 6.45) is -1.77. The van der Waals surface area contributed by atoms with E-state index in [0.717, 1.165) is 31.0 Å². The average Bonchev–Trinajstić information content (AvgIpc) is 3.26. The fraction of sp³-hybridized carbons (Fsp3) is 0.350. The third-order valence-corrected chi connectivity index (χ3v) is 6.37. The standard InChI is InChI=1S/C20H22N6O10S/c1-26-19(23-24-25-26)37-8-10-7-36-17(21-13(10)16(31)32)20(35-2,18(33)34)22-14(28)12(15(29)30)9-3-5-11(27)6-4-9/h3-6,12,17,21,27H,7-8H2,1-2H3,(H,22,28)(H,29,30)(H,31,32)(H,33,34)/t12?,17-,20-/m1/s1. The molecule has 16 nitrogen and oxygen atoms in total. The van der Waals surface area contributed by atoms with Crippen molar-refractivity contribution in [3.8, 4) is 5.75 Å². The van der Waals surface area contributed by atoms with Gasteiger partial charge in [-0.15, -0.1) is 5.10 Å².